The van der Waals surface area contributed by atoms with Gasteiger partial charge in [0.1, 0.15) is 0 Å². The minimum absolute atomic E-state index is 0.00815. The number of nitrogens with zero attached hydrogens (tertiary/aromatic N) is 3. The highest BCUT2D eigenvalue weighted by atomic mass is 79.9. The summed E-state index contributed by atoms with van der Waals surface area (Å²) in [5.74, 6) is 0. The zero-order chi connectivity index (χ0) is 23.9. The summed E-state index contributed by atoms with van der Waals surface area (Å²) in [7, 11) is -2.09. The van der Waals surface area contributed by atoms with Crippen molar-refractivity contribution in [1.29, 1.82) is 0 Å². The van der Waals surface area contributed by atoms with Gasteiger partial charge in [0.05, 0.1) is 12.9 Å². The SMILES string of the molecule is CCn1c2ccccc2c2cc([P@@](=Nc3ccc(Br)cc3)(N3CCCCC3)C(C)(C)C)ccc21. The van der Waals surface area contributed by atoms with E-state index >= 15 is 0 Å². The summed E-state index contributed by atoms with van der Waals surface area (Å²) in [4.78, 5) is 0. The van der Waals surface area contributed by atoms with Gasteiger partial charge in [-0.05, 0) is 68.3 Å². The topological polar surface area (TPSA) is 20.5 Å². The maximum atomic E-state index is 5.72. The molecule has 0 aliphatic carbocycles. The van der Waals surface area contributed by atoms with Crippen LogP contribution in [0, 0.1) is 0 Å². The molecule has 5 rings (SSSR count). The highest BCUT2D eigenvalue weighted by Crippen LogP contribution is 2.64. The predicted octanol–water partition coefficient (Wildman–Crippen LogP) is 8.93. The van der Waals surface area contributed by atoms with Crippen molar-refractivity contribution in [3.05, 3.63) is 71.2 Å². The molecule has 3 nitrogen and oxygen atoms in total. The molecule has 1 saturated heterocycles. The van der Waals surface area contributed by atoms with Crippen LogP contribution in [0.3, 0.4) is 0 Å². The predicted molar refractivity (Wildman–Crippen MR) is 153 cm³/mol. The molecule has 3 aromatic carbocycles. The molecule has 0 radical (unpaired) electrons. The number of rotatable bonds is 4. The first-order chi connectivity index (χ1) is 16.3. The molecule has 34 heavy (non-hydrogen) atoms. The van der Waals surface area contributed by atoms with Crippen LogP contribution in [0.25, 0.3) is 21.8 Å². The third kappa shape index (κ3) is 3.98. The molecule has 0 N–H and O–H groups in total. The van der Waals surface area contributed by atoms with Crippen molar-refractivity contribution in [3.8, 4) is 0 Å². The lowest BCUT2D eigenvalue weighted by atomic mass is 10.1. The lowest BCUT2D eigenvalue weighted by molar-refractivity contribution is 0.361. The van der Waals surface area contributed by atoms with E-state index in [9.17, 15) is 0 Å². The summed E-state index contributed by atoms with van der Waals surface area (Å²) in [5.41, 5.74) is 3.72. The standard InChI is InChI=1S/C29H35BrN3P/c1-5-33-27-12-8-7-11-25(27)26-21-24(17-18-28(26)33)34(29(2,3)4,32-19-9-6-10-20-32)31-23-15-13-22(30)14-16-23/h7-8,11-18,21H,5-6,9-10,19-20H2,1-4H3/t34-/m1/s1. The van der Waals surface area contributed by atoms with Gasteiger partial charge in [-0.1, -0.05) is 61.3 Å². The molecule has 0 unspecified atom stereocenters. The summed E-state index contributed by atoms with van der Waals surface area (Å²) in [6, 6.07) is 24.6. The van der Waals surface area contributed by atoms with Crippen molar-refractivity contribution in [3.63, 3.8) is 0 Å². The Balaban J connectivity index is 1.84. The molecule has 0 amide bonds. The van der Waals surface area contributed by atoms with Gasteiger partial charge in [-0.2, -0.15) is 0 Å². The minimum Gasteiger partial charge on any atom is -0.341 e. The Bertz CT molecular complexity index is 1370. The van der Waals surface area contributed by atoms with E-state index in [1.54, 1.807) is 0 Å². The van der Waals surface area contributed by atoms with Crippen LogP contribution >= 0.6 is 23.1 Å². The normalized spacial score (nSPS) is 17.2. The third-order valence-electron chi connectivity index (χ3n) is 7.20. The Morgan fingerprint density at radius 1 is 0.853 bits per heavy atom. The van der Waals surface area contributed by atoms with Crippen molar-refractivity contribution < 1.29 is 0 Å². The smallest absolute Gasteiger partial charge is 0.0720 e. The molecule has 1 aliphatic heterocycles. The fourth-order valence-electron chi connectivity index (χ4n) is 5.66. The van der Waals surface area contributed by atoms with Crippen LogP contribution in [0.2, 0.25) is 0 Å². The Hall–Kier alpha value is -1.87. The van der Waals surface area contributed by atoms with E-state index in [2.05, 4.69) is 120 Å². The summed E-state index contributed by atoms with van der Waals surface area (Å²) >= 11 is 3.60. The first-order valence-electron chi connectivity index (χ1n) is 12.5. The first-order valence-corrected chi connectivity index (χ1v) is 15.0. The van der Waals surface area contributed by atoms with E-state index in [1.807, 2.05) is 0 Å². The van der Waals surface area contributed by atoms with Crippen LogP contribution in [0.15, 0.2) is 75.9 Å². The Morgan fingerprint density at radius 3 is 2.21 bits per heavy atom. The number of piperidine rings is 1. The molecular weight excluding hydrogens is 501 g/mol. The van der Waals surface area contributed by atoms with Crippen molar-refractivity contribution in [2.24, 2.45) is 4.74 Å². The Labute approximate surface area is 212 Å². The van der Waals surface area contributed by atoms with Crippen molar-refractivity contribution in [2.45, 2.75) is 58.7 Å². The highest BCUT2D eigenvalue weighted by molar-refractivity contribution is 9.10. The Kier molecular flexibility index (Phi) is 6.52. The molecule has 1 aromatic heterocycles. The van der Waals surface area contributed by atoms with Crippen molar-refractivity contribution in [2.75, 3.05) is 13.1 Å². The van der Waals surface area contributed by atoms with Gasteiger partial charge in [-0.3, -0.25) is 4.67 Å². The molecule has 1 fully saturated rings. The van der Waals surface area contributed by atoms with Crippen LogP contribution in [0.1, 0.15) is 47.0 Å². The average molecular weight is 536 g/mol. The van der Waals surface area contributed by atoms with Gasteiger partial charge >= 0.3 is 0 Å². The summed E-state index contributed by atoms with van der Waals surface area (Å²) in [6.07, 6.45) is 3.83. The minimum atomic E-state index is -2.09. The number of para-hydroxylation sites is 1. The molecule has 4 aromatic rings. The average Bonchev–Trinajstić information content (AvgIpc) is 3.16. The second kappa shape index (κ2) is 9.30. The maximum absolute atomic E-state index is 5.72. The Morgan fingerprint density at radius 2 is 1.53 bits per heavy atom. The zero-order valence-corrected chi connectivity index (χ0v) is 23.2. The molecule has 5 heteroatoms. The third-order valence-corrected chi connectivity index (χ3v) is 12.3. The van der Waals surface area contributed by atoms with E-state index in [-0.39, 0.29) is 5.16 Å². The number of halogens is 1. The summed E-state index contributed by atoms with van der Waals surface area (Å²) in [6.45, 7) is 12.7. The van der Waals surface area contributed by atoms with E-state index < -0.39 is 7.21 Å². The largest absolute Gasteiger partial charge is 0.341 e. The number of hydrogen-bond donors (Lipinski definition) is 0. The number of benzene rings is 3. The number of hydrogen-bond acceptors (Lipinski definition) is 1. The molecule has 0 bridgehead atoms. The van der Waals surface area contributed by atoms with Gasteiger partial charge in [0.25, 0.3) is 0 Å². The van der Waals surface area contributed by atoms with Gasteiger partial charge in [0, 0.05) is 56.4 Å². The van der Waals surface area contributed by atoms with E-state index in [1.165, 1.54) is 46.4 Å². The molecule has 2 heterocycles. The fourth-order valence-corrected chi connectivity index (χ4v) is 10.3. The quantitative estimate of drug-likeness (QED) is 0.239. The van der Waals surface area contributed by atoms with Crippen LogP contribution in [-0.2, 0) is 6.54 Å². The number of aryl methyl sites for hydroxylation is 1. The van der Waals surface area contributed by atoms with Crippen LogP contribution in [0.5, 0.6) is 0 Å². The monoisotopic (exact) mass is 535 g/mol. The lowest BCUT2D eigenvalue weighted by Gasteiger charge is -2.47. The van der Waals surface area contributed by atoms with Gasteiger partial charge in [-0.25, -0.2) is 4.74 Å². The molecule has 0 spiro atoms. The molecule has 0 saturated carbocycles. The van der Waals surface area contributed by atoms with Crippen LogP contribution in [-0.4, -0.2) is 27.5 Å². The van der Waals surface area contributed by atoms with Crippen LogP contribution < -0.4 is 5.30 Å². The van der Waals surface area contributed by atoms with Gasteiger partial charge in [0.2, 0.25) is 0 Å². The molecular formula is C29H35BrN3P. The number of fused-ring (bicyclic) bond motifs is 3. The summed E-state index contributed by atoms with van der Waals surface area (Å²) < 4.78 is 12.0. The second-order valence-corrected chi connectivity index (χ2v) is 15.1. The molecule has 1 aliphatic rings. The van der Waals surface area contributed by atoms with E-state index in [4.69, 9.17) is 4.74 Å². The van der Waals surface area contributed by atoms with Crippen molar-refractivity contribution in [1.82, 2.24) is 9.24 Å². The van der Waals surface area contributed by atoms with Crippen molar-refractivity contribution >= 4 is 55.9 Å². The molecule has 178 valence electrons. The summed E-state index contributed by atoms with van der Waals surface area (Å²) in [5, 5.41) is 4.10. The number of aromatic nitrogens is 1. The maximum Gasteiger partial charge on any atom is 0.0720 e. The lowest BCUT2D eigenvalue weighted by Crippen LogP contribution is -2.39. The van der Waals surface area contributed by atoms with Gasteiger partial charge in [-0.15, -0.1) is 0 Å². The van der Waals surface area contributed by atoms with E-state index in [0.717, 1.165) is 29.8 Å². The molecule has 1 atom stereocenters. The first kappa shape index (κ1) is 23.9. The zero-order valence-electron chi connectivity index (χ0n) is 20.8. The second-order valence-electron chi connectivity index (χ2n) is 10.3. The van der Waals surface area contributed by atoms with Gasteiger partial charge < -0.3 is 4.57 Å². The highest BCUT2D eigenvalue weighted by Gasteiger charge is 2.41. The van der Waals surface area contributed by atoms with Gasteiger partial charge in [0.15, 0.2) is 0 Å². The van der Waals surface area contributed by atoms with E-state index in [0.29, 0.717) is 0 Å². The fraction of sp³-hybridized carbons (Fsp3) is 0.379. The van der Waals surface area contributed by atoms with Crippen LogP contribution in [0.4, 0.5) is 5.69 Å².